The van der Waals surface area contributed by atoms with Crippen molar-refractivity contribution in [2.24, 2.45) is 0 Å². The molecule has 2 aromatic rings. The molecule has 0 unspecified atom stereocenters. The van der Waals surface area contributed by atoms with E-state index in [2.05, 4.69) is 10.3 Å². The Kier molecular flexibility index (Phi) is 3.48. The molecule has 0 radical (unpaired) electrons. The van der Waals surface area contributed by atoms with Crippen molar-refractivity contribution >= 4 is 28.9 Å². The summed E-state index contributed by atoms with van der Waals surface area (Å²) in [6.45, 7) is 1.92. The van der Waals surface area contributed by atoms with Gasteiger partial charge in [0.05, 0.1) is 16.4 Å². The molecule has 1 heterocycles. The number of aromatic nitrogens is 1. The molecular formula is C13H12ClN3O. The molecule has 0 bridgehead atoms. The fourth-order valence-corrected chi connectivity index (χ4v) is 1.69. The Hall–Kier alpha value is -2.07. The van der Waals surface area contributed by atoms with Crippen molar-refractivity contribution < 1.29 is 4.79 Å². The van der Waals surface area contributed by atoms with Gasteiger partial charge in [-0.1, -0.05) is 17.7 Å². The van der Waals surface area contributed by atoms with Crippen LogP contribution in [0.4, 0.5) is 11.4 Å². The molecule has 1 amide bonds. The van der Waals surface area contributed by atoms with Crippen molar-refractivity contribution in [2.45, 2.75) is 6.92 Å². The number of hydrogen-bond donors (Lipinski definition) is 2. The molecular weight excluding hydrogens is 250 g/mol. The second kappa shape index (κ2) is 5.06. The van der Waals surface area contributed by atoms with Gasteiger partial charge in [-0.15, -0.1) is 0 Å². The Morgan fingerprint density at radius 3 is 2.89 bits per heavy atom. The smallest absolute Gasteiger partial charge is 0.276 e. The molecule has 4 nitrogen and oxygen atoms in total. The van der Waals surface area contributed by atoms with Crippen molar-refractivity contribution in [3.63, 3.8) is 0 Å². The number of pyridine rings is 1. The minimum absolute atomic E-state index is 0.190. The highest BCUT2D eigenvalue weighted by Gasteiger charge is 2.12. The molecule has 5 heteroatoms. The van der Waals surface area contributed by atoms with Gasteiger partial charge in [-0.3, -0.25) is 4.79 Å². The summed E-state index contributed by atoms with van der Waals surface area (Å²) in [6, 6.07) is 8.69. The number of nitrogens with zero attached hydrogens (tertiary/aromatic N) is 1. The van der Waals surface area contributed by atoms with Crippen molar-refractivity contribution in [3.8, 4) is 0 Å². The van der Waals surface area contributed by atoms with Gasteiger partial charge < -0.3 is 11.1 Å². The Bertz CT molecular complexity index is 599. The Balaban J connectivity index is 2.27. The molecule has 0 saturated heterocycles. The summed E-state index contributed by atoms with van der Waals surface area (Å²) in [5.41, 5.74) is 7.76. The van der Waals surface area contributed by atoms with Crippen LogP contribution >= 0.6 is 11.6 Å². The molecule has 2 rings (SSSR count). The summed E-state index contributed by atoms with van der Waals surface area (Å²) in [5.74, 6) is -0.374. The van der Waals surface area contributed by atoms with Gasteiger partial charge >= 0.3 is 0 Å². The van der Waals surface area contributed by atoms with Crippen LogP contribution in [0.15, 0.2) is 36.5 Å². The summed E-state index contributed by atoms with van der Waals surface area (Å²) in [7, 11) is 0. The first-order valence-electron chi connectivity index (χ1n) is 5.36. The SMILES string of the molecule is Cc1ccc(Cl)c(NC(=O)c2ncccc2N)c1. The summed E-state index contributed by atoms with van der Waals surface area (Å²) in [4.78, 5) is 15.9. The Labute approximate surface area is 110 Å². The minimum atomic E-state index is -0.374. The summed E-state index contributed by atoms with van der Waals surface area (Å²) in [5, 5.41) is 3.17. The minimum Gasteiger partial charge on any atom is -0.397 e. The van der Waals surface area contributed by atoms with E-state index in [-0.39, 0.29) is 11.6 Å². The van der Waals surface area contributed by atoms with E-state index in [0.29, 0.717) is 16.4 Å². The Morgan fingerprint density at radius 2 is 2.17 bits per heavy atom. The van der Waals surface area contributed by atoms with Gasteiger partial charge in [-0.2, -0.15) is 0 Å². The summed E-state index contributed by atoms with van der Waals surface area (Å²) >= 11 is 6.00. The number of nitrogens with two attached hydrogens (primary N) is 1. The molecule has 0 atom stereocenters. The number of aryl methyl sites for hydroxylation is 1. The Morgan fingerprint density at radius 1 is 1.39 bits per heavy atom. The zero-order valence-electron chi connectivity index (χ0n) is 9.77. The topological polar surface area (TPSA) is 68.0 Å². The van der Waals surface area contributed by atoms with Crippen molar-refractivity contribution in [2.75, 3.05) is 11.1 Å². The van der Waals surface area contributed by atoms with E-state index < -0.39 is 0 Å². The highest BCUT2D eigenvalue weighted by molar-refractivity contribution is 6.34. The fraction of sp³-hybridized carbons (Fsp3) is 0.0769. The average molecular weight is 262 g/mol. The number of rotatable bonds is 2. The maximum atomic E-state index is 12.0. The van der Waals surface area contributed by atoms with Crippen LogP contribution in [0.25, 0.3) is 0 Å². The number of halogens is 1. The first-order valence-corrected chi connectivity index (χ1v) is 5.73. The first-order chi connectivity index (χ1) is 8.58. The third kappa shape index (κ3) is 2.60. The average Bonchev–Trinajstić information content (AvgIpc) is 2.34. The number of amides is 1. The van der Waals surface area contributed by atoms with Crippen molar-refractivity contribution in [3.05, 3.63) is 52.8 Å². The van der Waals surface area contributed by atoms with E-state index in [1.54, 1.807) is 24.3 Å². The quantitative estimate of drug-likeness (QED) is 0.873. The van der Waals surface area contributed by atoms with Gasteiger partial charge in [0.2, 0.25) is 0 Å². The molecule has 18 heavy (non-hydrogen) atoms. The zero-order chi connectivity index (χ0) is 13.1. The second-order valence-electron chi connectivity index (χ2n) is 3.88. The molecule has 0 aliphatic carbocycles. The molecule has 0 aliphatic rings. The lowest BCUT2D eigenvalue weighted by molar-refractivity contribution is 0.102. The molecule has 1 aromatic carbocycles. The molecule has 1 aromatic heterocycles. The van der Waals surface area contributed by atoms with Crippen LogP contribution in [-0.4, -0.2) is 10.9 Å². The van der Waals surface area contributed by atoms with Crippen molar-refractivity contribution in [1.29, 1.82) is 0 Å². The lowest BCUT2D eigenvalue weighted by Gasteiger charge is -2.08. The van der Waals surface area contributed by atoms with E-state index in [0.717, 1.165) is 5.56 Å². The number of hydrogen-bond acceptors (Lipinski definition) is 3. The van der Waals surface area contributed by atoms with Gasteiger partial charge in [-0.25, -0.2) is 4.98 Å². The van der Waals surface area contributed by atoms with Gasteiger partial charge in [0.15, 0.2) is 5.69 Å². The zero-order valence-corrected chi connectivity index (χ0v) is 10.5. The summed E-state index contributed by atoms with van der Waals surface area (Å²) in [6.07, 6.45) is 1.52. The van der Waals surface area contributed by atoms with Crippen LogP contribution in [-0.2, 0) is 0 Å². The first kappa shape index (κ1) is 12.4. The van der Waals surface area contributed by atoms with Gasteiger partial charge in [-0.05, 0) is 36.8 Å². The number of benzene rings is 1. The van der Waals surface area contributed by atoms with Crippen LogP contribution < -0.4 is 11.1 Å². The lowest BCUT2D eigenvalue weighted by Crippen LogP contribution is -2.16. The highest BCUT2D eigenvalue weighted by atomic mass is 35.5. The largest absolute Gasteiger partial charge is 0.397 e. The molecule has 0 fully saturated rings. The van der Waals surface area contributed by atoms with Crippen LogP contribution in [0.1, 0.15) is 16.1 Å². The molecule has 92 valence electrons. The fourth-order valence-electron chi connectivity index (χ4n) is 1.52. The normalized spacial score (nSPS) is 10.1. The number of carbonyl (C=O) groups excluding carboxylic acids is 1. The lowest BCUT2D eigenvalue weighted by atomic mass is 10.2. The number of nitrogen functional groups attached to an aromatic ring is 1. The third-order valence-electron chi connectivity index (χ3n) is 2.42. The van der Waals surface area contributed by atoms with E-state index >= 15 is 0 Å². The number of carbonyl (C=O) groups is 1. The van der Waals surface area contributed by atoms with Crippen LogP contribution in [0.3, 0.4) is 0 Å². The molecule has 0 saturated carbocycles. The molecule has 3 N–H and O–H groups in total. The van der Waals surface area contributed by atoms with E-state index in [1.807, 2.05) is 13.0 Å². The van der Waals surface area contributed by atoms with Crippen LogP contribution in [0.2, 0.25) is 5.02 Å². The van der Waals surface area contributed by atoms with Gasteiger partial charge in [0.25, 0.3) is 5.91 Å². The predicted molar refractivity (Wildman–Crippen MR) is 72.8 cm³/mol. The third-order valence-corrected chi connectivity index (χ3v) is 2.75. The predicted octanol–water partition coefficient (Wildman–Crippen LogP) is 2.88. The maximum absolute atomic E-state index is 12.0. The highest BCUT2D eigenvalue weighted by Crippen LogP contribution is 2.23. The maximum Gasteiger partial charge on any atom is 0.276 e. The van der Waals surface area contributed by atoms with Gasteiger partial charge in [0.1, 0.15) is 0 Å². The monoisotopic (exact) mass is 261 g/mol. The van der Waals surface area contributed by atoms with Crippen LogP contribution in [0.5, 0.6) is 0 Å². The van der Waals surface area contributed by atoms with E-state index in [4.69, 9.17) is 17.3 Å². The standard InChI is InChI=1S/C13H12ClN3O/c1-8-4-5-9(14)11(7-8)17-13(18)12-10(15)3-2-6-16-12/h2-7H,15H2,1H3,(H,17,18). The van der Waals surface area contributed by atoms with Gasteiger partial charge in [0, 0.05) is 6.20 Å². The number of nitrogens with one attached hydrogen (secondary N) is 1. The van der Waals surface area contributed by atoms with Crippen molar-refractivity contribution in [1.82, 2.24) is 4.98 Å². The molecule has 0 spiro atoms. The second-order valence-corrected chi connectivity index (χ2v) is 4.29. The molecule has 0 aliphatic heterocycles. The number of anilines is 2. The van der Waals surface area contributed by atoms with E-state index in [1.165, 1.54) is 6.20 Å². The van der Waals surface area contributed by atoms with E-state index in [9.17, 15) is 4.79 Å². The summed E-state index contributed by atoms with van der Waals surface area (Å²) < 4.78 is 0. The van der Waals surface area contributed by atoms with Crippen LogP contribution in [0, 0.1) is 6.92 Å².